The molecule has 0 spiro atoms. The lowest BCUT2D eigenvalue weighted by molar-refractivity contribution is -0.119. The molecule has 10 heteroatoms. The smallest absolute Gasteiger partial charge is 0.244 e. The number of carbonyl (C=O) groups excluding carboxylic acids is 2. The quantitative estimate of drug-likeness (QED) is 0.181. The first kappa shape index (κ1) is 18.2. The van der Waals surface area contributed by atoms with E-state index in [9.17, 15) is 9.59 Å². The molecule has 0 unspecified atom stereocenters. The lowest BCUT2D eigenvalue weighted by Gasteiger charge is -2.12. The predicted molar refractivity (Wildman–Crippen MR) is 93.6 cm³/mol. The summed E-state index contributed by atoms with van der Waals surface area (Å²) in [6.07, 6.45) is 1.40. The molecule has 1 aromatic carbocycles. The van der Waals surface area contributed by atoms with Crippen LogP contribution < -0.4 is 22.5 Å². The third-order valence-electron chi connectivity index (χ3n) is 2.84. The minimum atomic E-state index is -0.311. The van der Waals surface area contributed by atoms with Gasteiger partial charge in [-0.05, 0) is 5.56 Å². The van der Waals surface area contributed by atoms with E-state index in [4.69, 9.17) is 11.7 Å². The molecule has 0 aliphatic heterocycles. The summed E-state index contributed by atoms with van der Waals surface area (Å²) in [5.41, 5.74) is 5.82. The number of rotatable bonds is 7. The molecule has 0 fully saturated rings. The Morgan fingerprint density at radius 1 is 0.917 bits per heavy atom. The van der Waals surface area contributed by atoms with Gasteiger partial charge in [0.1, 0.15) is 16.4 Å². The second-order valence-electron chi connectivity index (χ2n) is 4.44. The summed E-state index contributed by atoms with van der Waals surface area (Å²) >= 11 is 2.49. The fourth-order valence-electron chi connectivity index (χ4n) is 1.78. The predicted octanol–water partition coefficient (Wildman–Crippen LogP) is 0.308. The normalized spacial score (nSPS) is 10.2. The van der Waals surface area contributed by atoms with Crippen molar-refractivity contribution < 1.29 is 9.59 Å². The van der Waals surface area contributed by atoms with E-state index in [2.05, 4.69) is 20.8 Å². The van der Waals surface area contributed by atoms with Crippen molar-refractivity contribution in [3.05, 3.63) is 36.7 Å². The molecule has 24 heavy (non-hydrogen) atoms. The van der Waals surface area contributed by atoms with Crippen LogP contribution in [0.1, 0.15) is 0 Å². The number of hydrogen-bond acceptors (Lipinski definition) is 8. The van der Waals surface area contributed by atoms with Gasteiger partial charge < -0.3 is 0 Å². The van der Waals surface area contributed by atoms with Gasteiger partial charge in [-0.1, -0.05) is 53.9 Å². The van der Waals surface area contributed by atoms with Crippen LogP contribution >= 0.6 is 23.5 Å². The van der Waals surface area contributed by atoms with Crippen molar-refractivity contribution in [3.8, 4) is 11.1 Å². The fourth-order valence-corrected chi connectivity index (χ4v) is 3.50. The number of amides is 2. The molecule has 2 aromatic rings. The molecule has 0 aliphatic carbocycles. The van der Waals surface area contributed by atoms with Crippen LogP contribution in [0.3, 0.4) is 0 Å². The Labute approximate surface area is 147 Å². The second kappa shape index (κ2) is 9.23. The average molecular weight is 364 g/mol. The topological polar surface area (TPSA) is 136 Å². The standard InChI is InChI=1S/C14H16N6O2S2/c15-19-10(21)6-23-13-12(9-4-2-1-3-5-9)14(18-8-17-13)24-7-11(22)20-16/h1-5,8H,6-7,15-16H2,(H,19,21)(H,20,22). The summed E-state index contributed by atoms with van der Waals surface area (Å²) in [6, 6.07) is 9.52. The molecule has 8 nitrogen and oxygen atoms in total. The largest absolute Gasteiger partial charge is 0.294 e. The Bertz CT molecular complexity index is 675. The van der Waals surface area contributed by atoms with E-state index in [-0.39, 0.29) is 23.3 Å². The van der Waals surface area contributed by atoms with Gasteiger partial charge >= 0.3 is 0 Å². The first-order valence-electron chi connectivity index (χ1n) is 6.80. The zero-order chi connectivity index (χ0) is 17.4. The Balaban J connectivity index is 2.35. The van der Waals surface area contributed by atoms with Gasteiger partial charge in [-0.3, -0.25) is 20.4 Å². The molecule has 2 amide bonds. The summed E-state index contributed by atoms with van der Waals surface area (Å²) in [6.45, 7) is 0. The number of hydrogen-bond donors (Lipinski definition) is 4. The van der Waals surface area contributed by atoms with E-state index < -0.39 is 0 Å². The van der Waals surface area contributed by atoms with Crippen LogP contribution in [-0.2, 0) is 9.59 Å². The maximum Gasteiger partial charge on any atom is 0.244 e. The SMILES string of the molecule is NNC(=O)CSc1ncnc(SCC(=O)NN)c1-c1ccccc1. The van der Waals surface area contributed by atoms with E-state index in [1.807, 2.05) is 30.3 Å². The summed E-state index contributed by atoms with van der Waals surface area (Å²) in [5, 5.41) is 1.27. The molecule has 0 saturated carbocycles. The number of benzene rings is 1. The highest BCUT2D eigenvalue weighted by Gasteiger charge is 2.16. The number of nitrogens with one attached hydrogen (secondary N) is 2. The maximum atomic E-state index is 11.4. The average Bonchev–Trinajstić information content (AvgIpc) is 2.64. The van der Waals surface area contributed by atoms with Crippen molar-refractivity contribution in [3.63, 3.8) is 0 Å². The van der Waals surface area contributed by atoms with Gasteiger partial charge in [0, 0.05) is 5.56 Å². The Hall–Kier alpha value is -2.14. The third-order valence-corrected chi connectivity index (χ3v) is 4.82. The lowest BCUT2D eigenvalue weighted by atomic mass is 10.1. The zero-order valence-corrected chi connectivity index (χ0v) is 14.2. The molecular weight excluding hydrogens is 348 g/mol. The van der Waals surface area contributed by atoms with E-state index in [1.165, 1.54) is 29.9 Å². The van der Waals surface area contributed by atoms with E-state index in [0.29, 0.717) is 10.1 Å². The number of thioether (sulfide) groups is 2. The van der Waals surface area contributed by atoms with Crippen LogP contribution in [0.25, 0.3) is 11.1 Å². The van der Waals surface area contributed by atoms with Crippen molar-refractivity contribution in [2.45, 2.75) is 10.1 Å². The summed E-state index contributed by atoms with van der Waals surface area (Å²) < 4.78 is 0. The molecule has 0 aliphatic rings. The molecule has 0 atom stereocenters. The number of nitrogens with two attached hydrogens (primary N) is 2. The van der Waals surface area contributed by atoms with Crippen molar-refractivity contribution in [1.29, 1.82) is 0 Å². The van der Waals surface area contributed by atoms with Gasteiger partial charge in [-0.2, -0.15) is 0 Å². The minimum Gasteiger partial charge on any atom is -0.294 e. The van der Waals surface area contributed by atoms with Gasteiger partial charge in [0.05, 0.1) is 11.5 Å². The fraction of sp³-hybridized carbons (Fsp3) is 0.143. The van der Waals surface area contributed by atoms with Crippen LogP contribution in [0.4, 0.5) is 0 Å². The Morgan fingerprint density at radius 3 is 1.88 bits per heavy atom. The van der Waals surface area contributed by atoms with Gasteiger partial charge in [0.25, 0.3) is 0 Å². The van der Waals surface area contributed by atoms with Gasteiger partial charge in [0.15, 0.2) is 0 Å². The first-order valence-corrected chi connectivity index (χ1v) is 8.77. The first-order chi connectivity index (χ1) is 11.7. The monoisotopic (exact) mass is 364 g/mol. The molecule has 0 saturated heterocycles. The maximum absolute atomic E-state index is 11.4. The van der Waals surface area contributed by atoms with E-state index in [0.717, 1.165) is 11.1 Å². The van der Waals surface area contributed by atoms with Gasteiger partial charge in [-0.15, -0.1) is 0 Å². The van der Waals surface area contributed by atoms with Crippen molar-refractivity contribution in [1.82, 2.24) is 20.8 Å². The van der Waals surface area contributed by atoms with Gasteiger partial charge in [0.2, 0.25) is 11.8 Å². The Morgan fingerprint density at radius 2 is 1.42 bits per heavy atom. The molecule has 0 radical (unpaired) electrons. The van der Waals surface area contributed by atoms with E-state index in [1.54, 1.807) is 0 Å². The van der Waals surface area contributed by atoms with Crippen LogP contribution in [0.15, 0.2) is 46.7 Å². The van der Waals surface area contributed by atoms with Crippen molar-refractivity contribution in [2.75, 3.05) is 11.5 Å². The second-order valence-corrected chi connectivity index (χ2v) is 6.37. The number of aromatic nitrogens is 2. The molecule has 6 N–H and O–H groups in total. The zero-order valence-electron chi connectivity index (χ0n) is 12.6. The molecule has 126 valence electrons. The molecule has 1 aromatic heterocycles. The highest BCUT2D eigenvalue weighted by atomic mass is 32.2. The number of hydrazine groups is 2. The Kier molecular flexibility index (Phi) is 7.00. The van der Waals surface area contributed by atoms with Crippen molar-refractivity contribution >= 4 is 35.3 Å². The molecule has 2 rings (SSSR count). The van der Waals surface area contributed by atoms with Crippen LogP contribution in [-0.4, -0.2) is 33.3 Å². The molecular formula is C14H16N6O2S2. The third kappa shape index (κ3) is 4.93. The summed E-state index contributed by atoms with van der Waals surface area (Å²) in [5.74, 6) is 9.84. The molecule has 0 bridgehead atoms. The van der Waals surface area contributed by atoms with E-state index >= 15 is 0 Å². The van der Waals surface area contributed by atoms with Crippen molar-refractivity contribution in [2.24, 2.45) is 11.7 Å². The van der Waals surface area contributed by atoms with Gasteiger partial charge in [-0.25, -0.2) is 21.7 Å². The number of nitrogens with zero attached hydrogens (tertiary/aromatic N) is 2. The van der Waals surface area contributed by atoms with Crippen LogP contribution in [0, 0.1) is 0 Å². The molecule has 1 heterocycles. The summed E-state index contributed by atoms with van der Waals surface area (Å²) in [7, 11) is 0. The van der Waals surface area contributed by atoms with Crippen LogP contribution in [0.2, 0.25) is 0 Å². The number of carbonyl (C=O) groups is 2. The highest BCUT2D eigenvalue weighted by molar-refractivity contribution is 8.00. The highest BCUT2D eigenvalue weighted by Crippen LogP contribution is 2.36. The minimum absolute atomic E-state index is 0.126. The lowest BCUT2D eigenvalue weighted by Crippen LogP contribution is -2.31. The van der Waals surface area contributed by atoms with Crippen LogP contribution in [0.5, 0.6) is 0 Å². The summed E-state index contributed by atoms with van der Waals surface area (Å²) in [4.78, 5) is 31.3.